The van der Waals surface area contributed by atoms with E-state index >= 15 is 0 Å². The summed E-state index contributed by atoms with van der Waals surface area (Å²) in [5.74, 6) is 0.720. The van der Waals surface area contributed by atoms with Gasteiger partial charge in [-0.25, -0.2) is 22.2 Å². The molecule has 10 nitrogen and oxygen atoms in total. The molecular formula is C27H28ClN5O5S. The fourth-order valence-electron chi connectivity index (χ4n) is 5.29. The Labute approximate surface area is 231 Å². The monoisotopic (exact) mass is 569 g/mol. The molecule has 0 N–H and O–H groups in total. The fourth-order valence-corrected chi connectivity index (χ4v) is 7.24. The number of likely N-dealkylation sites (tertiary alicyclic amines) is 1. The molecule has 39 heavy (non-hydrogen) atoms. The number of nitrogens with zero attached hydrogens (tertiary/aromatic N) is 5. The SMILES string of the molecule is O=C(OCc1ccccc1)N1CCC(S(=O)(=O)n2ccc3c4nc(Cl)nc(N5CCOCC5)c4ccc32)CC1. The van der Waals surface area contributed by atoms with Crippen LogP contribution in [0.2, 0.25) is 5.28 Å². The summed E-state index contributed by atoms with van der Waals surface area (Å²) in [5, 5.41) is 0.988. The molecule has 1 amide bonds. The number of rotatable bonds is 5. The van der Waals surface area contributed by atoms with Gasteiger partial charge in [0.05, 0.1) is 29.5 Å². The van der Waals surface area contributed by atoms with E-state index in [-0.39, 0.29) is 11.9 Å². The van der Waals surface area contributed by atoms with Crippen LogP contribution in [0.25, 0.3) is 21.8 Å². The zero-order valence-electron chi connectivity index (χ0n) is 21.2. The molecule has 2 aromatic carbocycles. The quantitative estimate of drug-likeness (QED) is 0.331. The number of amides is 1. The second-order valence-electron chi connectivity index (χ2n) is 9.69. The molecule has 0 radical (unpaired) electrons. The van der Waals surface area contributed by atoms with Gasteiger partial charge in [0.25, 0.3) is 0 Å². The third-order valence-electron chi connectivity index (χ3n) is 7.36. The largest absolute Gasteiger partial charge is 0.445 e. The number of anilines is 1. The Hall–Kier alpha value is -3.41. The Kier molecular flexibility index (Phi) is 7.05. The van der Waals surface area contributed by atoms with Crippen molar-refractivity contribution in [2.75, 3.05) is 44.3 Å². The minimum atomic E-state index is -3.72. The molecule has 12 heteroatoms. The van der Waals surface area contributed by atoms with E-state index in [1.165, 1.54) is 3.97 Å². The predicted molar refractivity (Wildman–Crippen MR) is 149 cm³/mol. The molecule has 0 atom stereocenters. The van der Waals surface area contributed by atoms with Crippen LogP contribution in [0.3, 0.4) is 0 Å². The zero-order valence-corrected chi connectivity index (χ0v) is 22.8. The van der Waals surface area contributed by atoms with Crippen LogP contribution in [-0.2, 0) is 26.1 Å². The fraction of sp³-hybridized carbons (Fsp3) is 0.370. The summed E-state index contributed by atoms with van der Waals surface area (Å²) in [6.45, 7) is 3.38. The zero-order chi connectivity index (χ0) is 27.0. The van der Waals surface area contributed by atoms with Crippen LogP contribution in [0, 0.1) is 0 Å². The lowest BCUT2D eigenvalue weighted by molar-refractivity contribution is 0.0897. The molecule has 0 unspecified atom stereocenters. The van der Waals surface area contributed by atoms with E-state index in [4.69, 9.17) is 21.1 Å². The maximum absolute atomic E-state index is 13.7. The molecule has 204 valence electrons. The van der Waals surface area contributed by atoms with E-state index in [9.17, 15) is 13.2 Å². The number of carbonyl (C=O) groups excluding carboxylic acids is 1. The Morgan fingerprint density at radius 2 is 1.72 bits per heavy atom. The van der Waals surface area contributed by atoms with Crippen molar-refractivity contribution in [1.82, 2.24) is 18.8 Å². The average Bonchev–Trinajstić information content (AvgIpc) is 3.42. The molecule has 4 aromatic rings. The first-order valence-electron chi connectivity index (χ1n) is 12.9. The number of benzene rings is 2. The molecule has 4 heterocycles. The molecular weight excluding hydrogens is 542 g/mol. The van der Waals surface area contributed by atoms with Gasteiger partial charge < -0.3 is 19.3 Å². The summed E-state index contributed by atoms with van der Waals surface area (Å²) in [7, 11) is -3.72. The van der Waals surface area contributed by atoms with Gasteiger partial charge in [-0.15, -0.1) is 0 Å². The molecule has 2 fully saturated rings. The summed E-state index contributed by atoms with van der Waals surface area (Å²) in [5.41, 5.74) is 2.05. The summed E-state index contributed by atoms with van der Waals surface area (Å²) >= 11 is 6.31. The number of morpholine rings is 1. The number of ether oxygens (including phenoxy) is 2. The lowest BCUT2D eigenvalue weighted by atomic mass is 10.1. The maximum Gasteiger partial charge on any atom is 0.410 e. The van der Waals surface area contributed by atoms with Gasteiger partial charge in [0, 0.05) is 43.1 Å². The molecule has 0 bridgehead atoms. The van der Waals surface area contributed by atoms with Gasteiger partial charge in [0.2, 0.25) is 15.3 Å². The van der Waals surface area contributed by atoms with E-state index in [0.29, 0.717) is 68.7 Å². The molecule has 0 spiro atoms. The first kappa shape index (κ1) is 25.8. The van der Waals surface area contributed by atoms with Crippen LogP contribution >= 0.6 is 11.6 Å². The minimum absolute atomic E-state index is 0.110. The van der Waals surface area contributed by atoms with Crippen LogP contribution < -0.4 is 4.90 Å². The van der Waals surface area contributed by atoms with Crippen LogP contribution in [0.5, 0.6) is 0 Å². The van der Waals surface area contributed by atoms with E-state index in [1.807, 2.05) is 36.4 Å². The van der Waals surface area contributed by atoms with Crippen LogP contribution in [0.1, 0.15) is 18.4 Å². The Bertz CT molecular complexity index is 1610. The van der Waals surface area contributed by atoms with Gasteiger partial charge >= 0.3 is 6.09 Å². The number of piperidine rings is 1. The molecule has 6 rings (SSSR count). The second kappa shape index (κ2) is 10.6. The van der Waals surface area contributed by atoms with Crippen LogP contribution in [0.15, 0.2) is 54.7 Å². The number of hydrogen-bond donors (Lipinski definition) is 0. The highest BCUT2D eigenvalue weighted by Gasteiger charge is 2.34. The van der Waals surface area contributed by atoms with Crippen molar-refractivity contribution in [3.63, 3.8) is 0 Å². The van der Waals surface area contributed by atoms with E-state index in [0.717, 1.165) is 16.8 Å². The van der Waals surface area contributed by atoms with Gasteiger partial charge in [0.15, 0.2) is 0 Å². The van der Waals surface area contributed by atoms with E-state index < -0.39 is 21.4 Å². The number of aromatic nitrogens is 3. The van der Waals surface area contributed by atoms with Crippen molar-refractivity contribution in [3.05, 3.63) is 65.6 Å². The van der Waals surface area contributed by atoms with Gasteiger partial charge in [-0.1, -0.05) is 30.3 Å². The third-order valence-corrected chi connectivity index (χ3v) is 9.71. The normalized spacial score (nSPS) is 17.2. The highest BCUT2D eigenvalue weighted by Crippen LogP contribution is 2.33. The van der Waals surface area contributed by atoms with Crippen LogP contribution in [0.4, 0.5) is 10.6 Å². The maximum atomic E-state index is 13.7. The lowest BCUT2D eigenvalue weighted by Gasteiger charge is -2.31. The molecule has 2 aliphatic heterocycles. The molecule has 2 saturated heterocycles. The molecule has 0 aliphatic carbocycles. The predicted octanol–water partition coefficient (Wildman–Crippen LogP) is 4.05. The number of halogens is 1. The summed E-state index contributed by atoms with van der Waals surface area (Å²) in [4.78, 5) is 25.2. The summed E-state index contributed by atoms with van der Waals surface area (Å²) < 4.78 is 39.6. The van der Waals surface area contributed by atoms with Crippen molar-refractivity contribution in [1.29, 1.82) is 0 Å². The first-order chi connectivity index (χ1) is 18.9. The van der Waals surface area contributed by atoms with Crippen molar-refractivity contribution in [2.24, 2.45) is 0 Å². The number of carbonyl (C=O) groups is 1. The molecule has 2 aliphatic rings. The van der Waals surface area contributed by atoms with Gasteiger partial charge in [0.1, 0.15) is 12.4 Å². The van der Waals surface area contributed by atoms with Crippen LogP contribution in [-0.4, -0.2) is 78.0 Å². The highest BCUT2D eigenvalue weighted by atomic mass is 35.5. The van der Waals surface area contributed by atoms with E-state index in [2.05, 4.69) is 14.9 Å². The minimum Gasteiger partial charge on any atom is -0.445 e. The molecule has 2 aromatic heterocycles. The van der Waals surface area contributed by atoms with Crippen molar-refractivity contribution in [3.8, 4) is 0 Å². The van der Waals surface area contributed by atoms with Crippen molar-refractivity contribution in [2.45, 2.75) is 24.7 Å². The Morgan fingerprint density at radius 1 is 0.974 bits per heavy atom. The number of fused-ring (bicyclic) bond motifs is 3. The first-order valence-corrected chi connectivity index (χ1v) is 14.8. The summed E-state index contributed by atoms with van der Waals surface area (Å²) in [6, 6.07) is 14.9. The van der Waals surface area contributed by atoms with Gasteiger partial charge in [-0.2, -0.15) is 4.98 Å². The van der Waals surface area contributed by atoms with E-state index in [1.54, 1.807) is 23.2 Å². The Morgan fingerprint density at radius 3 is 2.46 bits per heavy atom. The average molecular weight is 570 g/mol. The van der Waals surface area contributed by atoms with Gasteiger partial charge in [-0.3, -0.25) is 0 Å². The standard InChI is InChI=1S/C27H28ClN5O5S/c28-26-29-24-21-10-13-33(23(21)7-6-22(24)25(30-26)31-14-16-37-17-15-31)39(35,36)20-8-11-32(12-9-20)27(34)38-18-19-4-2-1-3-5-19/h1-7,10,13,20H,8-9,11-12,14-18H2. The highest BCUT2D eigenvalue weighted by molar-refractivity contribution is 7.90. The topological polar surface area (TPSA) is 107 Å². The smallest absolute Gasteiger partial charge is 0.410 e. The summed E-state index contributed by atoms with van der Waals surface area (Å²) in [6.07, 6.45) is 1.79. The Balaban J connectivity index is 1.21. The number of hydrogen-bond acceptors (Lipinski definition) is 8. The van der Waals surface area contributed by atoms with Crippen molar-refractivity contribution < 1.29 is 22.7 Å². The van der Waals surface area contributed by atoms with Gasteiger partial charge in [-0.05, 0) is 48.2 Å². The second-order valence-corrected chi connectivity index (χ2v) is 12.1. The lowest BCUT2D eigenvalue weighted by Crippen LogP contribution is -2.43. The third kappa shape index (κ3) is 5.02. The molecule has 0 saturated carbocycles. The van der Waals surface area contributed by atoms with Crippen molar-refractivity contribution >= 4 is 55.3 Å².